The van der Waals surface area contributed by atoms with Crippen LogP contribution in [0.5, 0.6) is 5.75 Å². The molecule has 1 heterocycles. The Morgan fingerprint density at radius 1 is 1.16 bits per heavy atom. The molecule has 2 fully saturated rings. The summed E-state index contributed by atoms with van der Waals surface area (Å²) in [5, 5.41) is 3.32. The lowest BCUT2D eigenvalue weighted by atomic mass is 9.97. The van der Waals surface area contributed by atoms with Crippen molar-refractivity contribution >= 4 is 11.6 Å². The molecule has 0 amide bonds. The van der Waals surface area contributed by atoms with Crippen molar-refractivity contribution in [3.63, 3.8) is 0 Å². The molecule has 0 aromatic heterocycles. The lowest BCUT2D eigenvalue weighted by Crippen LogP contribution is -2.31. The van der Waals surface area contributed by atoms with Crippen molar-refractivity contribution in [2.75, 3.05) is 13.1 Å². The molecule has 0 unspecified atom stereocenters. The van der Waals surface area contributed by atoms with Gasteiger partial charge in [0.15, 0.2) is 17.4 Å². The molecule has 1 saturated carbocycles. The van der Waals surface area contributed by atoms with Crippen LogP contribution in [0, 0.1) is 23.5 Å². The Morgan fingerprint density at radius 3 is 2.37 bits per heavy atom. The third kappa shape index (κ3) is 2.84. The minimum atomic E-state index is -0.721. The Morgan fingerprint density at radius 2 is 1.84 bits per heavy atom. The molecular formula is C14H16ClF2NO. The van der Waals surface area contributed by atoms with Crippen LogP contribution in [0.2, 0.25) is 5.02 Å². The summed E-state index contributed by atoms with van der Waals surface area (Å²) in [6.07, 6.45) is 3.06. The monoisotopic (exact) mass is 287 g/mol. The molecule has 3 rings (SSSR count). The van der Waals surface area contributed by atoms with Crippen LogP contribution < -0.4 is 10.1 Å². The van der Waals surface area contributed by atoms with E-state index >= 15 is 0 Å². The highest BCUT2D eigenvalue weighted by Gasteiger charge is 2.40. The summed E-state index contributed by atoms with van der Waals surface area (Å²) in [6.45, 7) is 1.81. The zero-order valence-electron chi connectivity index (χ0n) is 10.5. The van der Waals surface area contributed by atoms with Crippen molar-refractivity contribution in [2.45, 2.75) is 25.4 Å². The molecule has 2 aliphatic rings. The van der Waals surface area contributed by atoms with E-state index in [1.807, 2.05) is 0 Å². The van der Waals surface area contributed by atoms with Gasteiger partial charge in [0.05, 0.1) is 0 Å². The van der Waals surface area contributed by atoms with Gasteiger partial charge in [-0.05, 0) is 43.9 Å². The van der Waals surface area contributed by atoms with Crippen LogP contribution in [0.1, 0.15) is 19.3 Å². The van der Waals surface area contributed by atoms with Gasteiger partial charge in [-0.25, -0.2) is 8.78 Å². The zero-order chi connectivity index (χ0) is 13.4. The van der Waals surface area contributed by atoms with E-state index in [1.54, 1.807) is 0 Å². The summed E-state index contributed by atoms with van der Waals surface area (Å²) in [6, 6.07) is 2.19. The summed E-state index contributed by atoms with van der Waals surface area (Å²) in [7, 11) is 0. The molecule has 2 nitrogen and oxygen atoms in total. The molecule has 0 spiro atoms. The minimum Gasteiger partial charge on any atom is -0.484 e. The third-order valence-electron chi connectivity index (χ3n) is 3.87. The van der Waals surface area contributed by atoms with E-state index in [-0.39, 0.29) is 16.9 Å². The van der Waals surface area contributed by atoms with Crippen molar-refractivity contribution in [1.82, 2.24) is 5.32 Å². The van der Waals surface area contributed by atoms with E-state index in [1.165, 1.54) is 0 Å². The van der Waals surface area contributed by atoms with Gasteiger partial charge < -0.3 is 10.1 Å². The SMILES string of the molecule is Fc1cc(Cl)cc(F)c1O[C@H](C1CC1)[C@H]1CCNC1. The molecule has 1 saturated heterocycles. The molecule has 2 atom stereocenters. The maximum atomic E-state index is 13.8. The molecule has 1 N–H and O–H groups in total. The van der Waals surface area contributed by atoms with Crippen molar-refractivity contribution < 1.29 is 13.5 Å². The smallest absolute Gasteiger partial charge is 0.191 e. The number of halogens is 3. The van der Waals surface area contributed by atoms with Crippen LogP contribution in [-0.4, -0.2) is 19.2 Å². The topological polar surface area (TPSA) is 21.3 Å². The van der Waals surface area contributed by atoms with Gasteiger partial charge >= 0.3 is 0 Å². The van der Waals surface area contributed by atoms with Gasteiger partial charge in [-0.2, -0.15) is 0 Å². The second-order valence-corrected chi connectivity index (χ2v) is 5.81. The highest BCUT2D eigenvalue weighted by molar-refractivity contribution is 6.30. The van der Waals surface area contributed by atoms with E-state index in [2.05, 4.69) is 5.32 Å². The molecule has 0 bridgehead atoms. The Balaban J connectivity index is 1.81. The lowest BCUT2D eigenvalue weighted by Gasteiger charge is -2.24. The van der Waals surface area contributed by atoms with Crippen LogP contribution in [0.15, 0.2) is 12.1 Å². The summed E-state index contributed by atoms with van der Waals surface area (Å²) < 4.78 is 33.2. The highest BCUT2D eigenvalue weighted by Crippen LogP contribution is 2.40. The third-order valence-corrected chi connectivity index (χ3v) is 4.08. The van der Waals surface area contributed by atoms with Crippen LogP contribution >= 0.6 is 11.6 Å². The van der Waals surface area contributed by atoms with Crippen LogP contribution in [-0.2, 0) is 0 Å². The molecule has 19 heavy (non-hydrogen) atoms. The first-order chi connectivity index (χ1) is 9.15. The Hall–Kier alpha value is -0.870. The summed E-state index contributed by atoms with van der Waals surface area (Å²) in [4.78, 5) is 0. The molecule has 1 aliphatic heterocycles. The average Bonchev–Trinajstić information content (AvgIpc) is 3.03. The quantitative estimate of drug-likeness (QED) is 0.916. The predicted molar refractivity (Wildman–Crippen MR) is 69.5 cm³/mol. The Kier molecular flexibility index (Phi) is 3.63. The largest absolute Gasteiger partial charge is 0.484 e. The second kappa shape index (κ2) is 5.25. The highest BCUT2D eigenvalue weighted by atomic mass is 35.5. The van der Waals surface area contributed by atoms with Crippen LogP contribution in [0.25, 0.3) is 0 Å². The average molecular weight is 288 g/mol. The molecule has 1 aromatic rings. The van der Waals surface area contributed by atoms with Crippen molar-refractivity contribution in [2.24, 2.45) is 11.8 Å². The molecular weight excluding hydrogens is 272 g/mol. The summed E-state index contributed by atoms with van der Waals surface area (Å²) in [5.41, 5.74) is 0. The first-order valence-corrected chi connectivity index (χ1v) is 7.05. The molecule has 0 radical (unpaired) electrons. The van der Waals surface area contributed by atoms with Crippen molar-refractivity contribution in [1.29, 1.82) is 0 Å². The number of ether oxygens (including phenoxy) is 1. The predicted octanol–water partition coefficient (Wildman–Crippen LogP) is 3.39. The number of rotatable bonds is 4. The summed E-state index contributed by atoms with van der Waals surface area (Å²) >= 11 is 5.62. The van der Waals surface area contributed by atoms with E-state index in [0.29, 0.717) is 11.8 Å². The molecule has 104 valence electrons. The maximum Gasteiger partial charge on any atom is 0.191 e. The first-order valence-electron chi connectivity index (χ1n) is 6.67. The van der Waals surface area contributed by atoms with E-state index in [0.717, 1.165) is 44.5 Å². The van der Waals surface area contributed by atoms with Crippen molar-refractivity contribution in [3.05, 3.63) is 28.8 Å². The molecule has 1 aliphatic carbocycles. The lowest BCUT2D eigenvalue weighted by molar-refractivity contribution is 0.110. The minimum absolute atomic E-state index is 0.0489. The number of hydrogen-bond donors (Lipinski definition) is 1. The standard InChI is InChI=1S/C14H16ClF2NO/c15-10-5-11(16)14(12(17)6-10)19-13(8-1-2-8)9-3-4-18-7-9/h5-6,8-9,13,18H,1-4,7H2/t9-,13+/m0/s1. The van der Waals surface area contributed by atoms with Gasteiger partial charge in [-0.1, -0.05) is 11.6 Å². The summed E-state index contributed by atoms with van der Waals surface area (Å²) in [5.74, 6) is -0.960. The number of benzene rings is 1. The fourth-order valence-electron chi connectivity index (χ4n) is 2.74. The van der Waals surface area contributed by atoms with Gasteiger partial charge in [0, 0.05) is 17.5 Å². The van der Waals surface area contributed by atoms with E-state index < -0.39 is 11.6 Å². The number of nitrogens with one attached hydrogen (secondary N) is 1. The van der Waals surface area contributed by atoms with E-state index in [9.17, 15) is 8.78 Å². The molecule has 5 heteroatoms. The number of hydrogen-bond acceptors (Lipinski definition) is 2. The van der Waals surface area contributed by atoms with Gasteiger partial charge in [-0.15, -0.1) is 0 Å². The van der Waals surface area contributed by atoms with Gasteiger partial charge in [0.2, 0.25) is 0 Å². The second-order valence-electron chi connectivity index (χ2n) is 5.37. The first kappa shape index (κ1) is 13.1. The van der Waals surface area contributed by atoms with Gasteiger partial charge in [0.25, 0.3) is 0 Å². The molecule has 1 aromatic carbocycles. The van der Waals surface area contributed by atoms with Gasteiger partial charge in [0.1, 0.15) is 6.10 Å². The van der Waals surface area contributed by atoms with Gasteiger partial charge in [-0.3, -0.25) is 0 Å². The fourth-order valence-corrected chi connectivity index (χ4v) is 2.93. The Labute approximate surface area is 116 Å². The van der Waals surface area contributed by atoms with E-state index in [4.69, 9.17) is 16.3 Å². The maximum absolute atomic E-state index is 13.8. The zero-order valence-corrected chi connectivity index (χ0v) is 11.2. The van der Waals surface area contributed by atoms with Crippen LogP contribution in [0.3, 0.4) is 0 Å². The normalized spacial score (nSPS) is 24.5. The Bertz CT molecular complexity index is 450. The van der Waals surface area contributed by atoms with Crippen molar-refractivity contribution in [3.8, 4) is 5.75 Å². The fraction of sp³-hybridized carbons (Fsp3) is 0.571. The van der Waals surface area contributed by atoms with Crippen LogP contribution in [0.4, 0.5) is 8.78 Å².